The molecule has 4 heteroatoms. The number of rotatable bonds is 3. The van der Waals surface area contributed by atoms with Crippen molar-refractivity contribution in [3.8, 4) is 0 Å². The van der Waals surface area contributed by atoms with Crippen molar-refractivity contribution in [1.82, 2.24) is 0 Å². The Morgan fingerprint density at radius 1 is 1.43 bits per heavy atom. The molecule has 1 aromatic rings. The Morgan fingerprint density at radius 3 is 2.57 bits per heavy atom. The lowest BCUT2D eigenvalue weighted by molar-refractivity contribution is 0.584. The first kappa shape index (κ1) is 11.2. The third-order valence-electron chi connectivity index (χ3n) is 2.18. The Hall–Kier alpha value is -0.870. The molecule has 1 aromatic carbocycles. The van der Waals surface area contributed by atoms with Crippen LogP contribution in [0.5, 0.6) is 0 Å². The van der Waals surface area contributed by atoms with Gasteiger partial charge in [0.15, 0.2) is 9.84 Å². The van der Waals surface area contributed by atoms with Gasteiger partial charge < -0.3 is 5.73 Å². The molecule has 0 aliphatic heterocycles. The molecule has 0 bridgehead atoms. The predicted molar refractivity (Wildman–Crippen MR) is 56.9 cm³/mol. The SMILES string of the molecule is Cc1cccc(S(=O)(=O)C(C)CN)c1. The maximum Gasteiger partial charge on any atom is 0.182 e. The van der Waals surface area contributed by atoms with Crippen molar-refractivity contribution in [3.63, 3.8) is 0 Å². The second-order valence-corrected chi connectivity index (χ2v) is 5.77. The van der Waals surface area contributed by atoms with Crippen molar-refractivity contribution in [2.24, 2.45) is 5.73 Å². The molecular formula is C10H15NO2S. The van der Waals surface area contributed by atoms with Crippen LogP contribution in [0.25, 0.3) is 0 Å². The molecule has 0 aromatic heterocycles. The van der Waals surface area contributed by atoms with Crippen LogP contribution in [0, 0.1) is 6.92 Å². The Balaban J connectivity index is 3.17. The average molecular weight is 213 g/mol. The minimum absolute atomic E-state index is 0.149. The molecule has 14 heavy (non-hydrogen) atoms. The second-order valence-electron chi connectivity index (χ2n) is 3.41. The maximum absolute atomic E-state index is 11.8. The first-order valence-corrected chi connectivity index (χ1v) is 6.03. The molecule has 1 unspecified atom stereocenters. The van der Waals surface area contributed by atoms with E-state index in [0.29, 0.717) is 4.90 Å². The molecule has 0 aliphatic carbocycles. The number of sulfone groups is 1. The molecule has 0 saturated heterocycles. The number of benzene rings is 1. The summed E-state index contributed by atoms with van der Waals surface area (Å²) >= 11 is 0. The van der Waals surface area contributed by atoms with Crippen LogP contribution in [0.4, 0.5) is 0 Å². The molecule has 1 rings (SSSR count). The van der Waals surface area contributed by atoms with Gasteiger partial charge in [0.2, 0.25) is 0 Å². The maximum atomic E-state index is 11.8. The fourth-order valence-corrected chi connectivity index (χ4v) is 2.49. The van der Waals surface area contributed by atoms with Crippen molar-refractivity contribution in [1.29, 1.82) is 0 Å². The molecule has 78 valence electrons. The van der Waals surface area contributed by atoms with Gasteiger partial charge in [-0.2, -0.15) is 0 Å². The summed E-state index contributed by atoms with van der Waals surface area (Å²) in [7, 11) is -3.24. The summed E-state index contributed by atoms with van der Waals surface area (Å²) in [6.07, 6.45) is 0. The van der Waals surface area contributed by atoms with Crippen molar-refractivity contribution in [3.05, 3.63) is 29.8 Å². The lowest BCUT2D eigenvalue weighted by atomic mass is 10.2. The summed E-state index contributed by atoms with van der Waals surface area (Å²) in [6, 6.07) is 6.88. The van der Waals surface area contributed by atoms with Crippen LogP contribution in [0.1, 0.15) is 12.5 Å². The Labute approximate surface area is 84.9 Å². The molecule has 0 saturated carbocycles. The summed E-state index contributed by atoms with van der Waals surface area (Å²) < 4.78 is 23.7. The van der Waals surface area contributed by atoms with Crippen LogP contribution >= 0.6 is 0 Å². The monoisotopic (exact) mass is 213 g/mol. The second kappa shape index (κ2) is 4.11. The summed E-state index contributed by atoms with van der Waals surface area (Å²) in [5.74, 6) is 0. The highest BCUT2D eigenvalue weighted by atomic mass is 32.2. The zero-order valence-electron chi connectivity index (χ0n) is 8.40. The highest BCUT2D eigenvalue weighted by molar-refractivity contribution is 7.92. The molecule has 0 spiro atoms. The lowest BCUT2D eigenvalue weighted by Crippen LogP contribution is -2.26. The Morgan fingerprint density at radius 2 is 2.07 bits per heavy atom. The van der Waals surface area contributed by atoms with E-state index in [1.165, 1.54) is 0 Å². The van der Waals surface area contributed by atoms with E-state index in [4.69, 9.17) is 5.73 Å². The summed E-state index contributed by atoms with van der Waals surface area (Å²) in [5.41, 5.74) is 6.29. The van der Waals surface area contributed by atoms with E-state index in [-0.39, 0.29) is 6.54 Å². The highest BCUT2D eigenvalue weighted by Crippen LogP contribution is 2.16. The van der Waals surface area contributed by atoms with Gasteiger partial charge in [-0.15, -0.1) is 0 Å². The quantitative estimate of drug-likeness (QED) is 0.818. The summed E-state index contributed by atoms with van der Waals surface area (Å²) in [6.45, 7) is 3.64. The summed E-state index contributed by atoms with van der Waals surface area (Å²) in [4.78, 5) is 0.357. The normalized spacial score (nSPS) is 13.9. The van der Waals surface area contributed by atoms with Gasteiger partial charge in [-0.3, -0.25) is 0 Å². The van der Waals surface area contributed by atoms with Gasteiger partial charge in [0, 0.05) is 6.54 Å². The molecule has 0 amide bonds. The van der Waals surface area contributed by atoms with E-state index < -0.39 is 15.1 Å². The zero-order valence-corrected chi connectivity index (χ0v) is 9.21. The van der Waals surface area contributed by atoms with Crippen molar-refractivity contribution in [2.75, 3.05) is 6.54 Å². The lowest BCUT2D eigenvalue weighted by Gasteiger charge is -2.10. The predicted octanol–water partition coefficient (Wildman–Crippen LogP) is 1.12. The number of nitrogens with two attached hydrogens (primary N) is 1. The minimum atomic E-state index is -3.24. The average Bonchev–Trinajstić information content (AvgIpc) is 2.16. The third-order valence-corrected chi connectivity index (χ3v) is 4.34. The first-order chi connectivity index (χ1) is 6.48. The smallest absolute Gasteiger partial charge is 0.182 e. The molecule has 3 nitrogen and oxygen atoms in total. The number of aryl methyl sites for hydroxylation is 1. The van der Waals surface area contributed by atoms with E-state index in [2.05, 4.69) is 0 Å². The van der Waals surface area contributed by atoms with Gasteiger partial charge in [-0.1, -0.05) is 12.1 Å². The van der Waals surface area contributed by atoms with Crippen LogP contribution in [0.15, 0.2) is 29.2 Å². The van der Waals surface area contributed by atoms with E-state index in [0.717, 1.165) is 5.56 Å². The molecule has 1 atom stereocenters. The Kier molecular flexibility index (Phi) is 3.29. The molecule has 0 radical (unpaired) electrons. The fourth-order valence-electron chi connectivity index (χ4n) is 1.15. The van der Waals surface area contributed by atoms with Crippen molar-refractivity contribution >= 4 is 9.84 Å². The molecule has 0 fully saturated rings. The van der Waals surface area contributed by atoms with Gasteiger partial charge in [-0.25, -0.2) is 8.42 Å². The standard InChI is InChI=1S/C10H15NO2S/c1-8-4-3-5-10(6-8)14(12,13)9(2)7-11/h3-6,9H,7,11H2,1-2H3. The first-order valence-electron chi connectivity index (χ1n) is 4.49. The minimum Gasteiger partial charge on any atom is -0.329 e. The fraction of sp³-hybridized carbons (Fsp3) is 0.400. The van der Waals surface area contributed by atoms with Gasteiger partial charge in [0.25, 0.3) is 0 Å². The molecular weight excluding hydrogens is 198 g/mol. The highest BCUT2D eigenvalue weighted by Gasteiger charge is 2.21. The van der Waals surface area contributed by atoms with Crippen LogP contribution in [0.2, 0.25) is 0 Å². The molecule has 2 N–H and O–H groups in total. The van der Waals surface area contributed by atoms with Crippen LogP contribution in [-0.2, 0) is 9.84 Å². The van der Waals surface area contributed by atoms with E-state index >= 15 is 0 Å². The largest absolute Gasteiger partial charge is 0.329 e. The van der Waals surface area contributed by atoms with Crippen LogP contribution < -0.4 is 5.73 Å². The van der Waals surface area contributed by atoms with Gasteiger partial charge in [0.1, 0.15) is 0 Å². The van der Waals surface area contributed by atoms with E-state index in [1.807, 2.05) is 13.0 Å². The summed E-state index contributed by atoms with van der Waals surface area (Å²) in [5, 5.41) is -0.524. The van der Waals surface area contributed by atoms with Crippen LogP contribution in [0.3, 0.4) is 0 Å². The Bertz CT molecular complexity index is 412. The van der Waals surface area contributed by atoms with Crippen LogP contribution in [-0.4, -0.2) is 20.2 Å². The van der Waals surface area contributed by atoms with Crippen molar-refractivity contribution in [2.45, 2.75) is 24.0 Å². The molecule has 0 heterocycles. The number of hydrogen-bond acceptors (Lipinski definition) is 3. The van der Waals surface area contributed by atoms with Gasteiger partial charge in [-0.05, 0) is 31.5 Å². The van der Waals surface area contributed by atoms with E-state index in [1.54, 1.807) is 25.1 Å². The van der Waals surface area contributed by atoms with E-state index in [9.17, 15) is 8.42 Å². The van der Waals surface area contributed by atoms with Crippen molar-refractivity contribution < 1.29 is 8.42 Å². The molecule has 0 aliphatic rings. The zero-order chi connectivity index (χ0) is 10.8. The third kappa shape index (κ3) is 2.13. The van der Waals surface area contributed by atoms with Gasteiger partial charge >= 0.3 is 0 Å². The number of hydrogen-bond donors (Lipinski definition) is 1. The topological polar surface area (TPSA) is 60.2 Å². The van der Waals surface area contributed by atoms with Gasteiger partial charge in [0.05, 0.1) is 10.1 Å².